The number of carboxylic acid groups (broad SMARTS) is 2. The van der Waals surface area contributed by atoms with Gasteiger partial charge in [-0.3, -0.25) is 14.9 Å². The first-order chi connectivity index (χ1) is 17.3. The Morgan fingerprint density at radius 1 is 1.14 bits per heavy atom. The van der Waals surface area contributed by atoms with E-state index < -0.39 is 43.6 Å². The van der Waals surface area contributed by atoms with Crippen LogP contribution in [-0.4, -0.2) is 46.0 Å². The first-order valence-corrected chi connectivity index (χ1v) is 12.7. The Labute approximate surface area is 213 Å². The van der Waals surface area contributed by atoms with Gasteiger partial charge >= 0.3 is 11.9 Å². The summed E-state index contributed by atoms with van der Waals surface area (Å²) in [5.41, 5.74) is 1.45. The molecule has 0 aromatic heterocycles. The summed E-state index contributed by atoms with van der Waals surface area (Å²) >= 11 is 0. The minimum atomic E-state index is -4.63. The third-order valence-electron chi connectivity index (χ3n) is 6.02. The lowest BCUT2D eigenvalue weighted by Crippen LogP contribution is -2.48. The number of aryl methyl sites for hydroxylation is 2. The molecule has 0 spiro atoms. The number of ether oxygens (including phenoxy) is 1. The van der Waals surface area contributed by atoms with Crippen LogP contribution in [0.2, 0.25) is 0 Å². The fourth-order valence-corrected chi connectivity index (χ4v) is 5.53. The van der Waals surface area contributed by atoms with Crippen LogP contribution in [0.5, 0.6) is 5.75 Å². The number of hydrogen-bond acceptors (Lipinski definition) is 7. The summed E-state index contributed by atoms with van der Waals surface area (Å²) in [6.07, 6.45) is 2.67. The smallest absolute Gasteiger partial charge is 0.331 e. The number of allylic oxidation sites excluding steroid dienone is 2. The predicted octanol–water partition coefficient (Wildman–Crippen LogP) is 4.23. The molecular weight excluding hydrogens is 502 g/mol. The molecule has 0 radical (unpaired) electrons. The molecule has 1 aliphatic carbocycles. The number of non-ortho nitro benzene ring substituents is 1. The zero-order valence-corrected chi connectivity index (χ0v) is 21.1. The van der Waals surface area contributed by atoms with E-state index in [0.717, 1.165) is 11.6 Å². The second-order valence-corrected chi connectivity index (χ2v) is 11.0. The Balaban J connectivity index is 2.13. The normalized spacial score (nSPS) is 18.0. The van der Waals surface area contributed by atoms with Crippen molar-refractivity contribution in [2.75, 3.05) is 5.75 Å². The Morgan fingerprint density at radius 3 is 2.46 bits per heavy atom. The molecule has 3 rings (SSSR count). The maximum atomic E-state index is 13.7. The van der Waals surface area contributed by atoms with Crippen LogP contribution in [0.15, 0.2) is 71.5 Å². The fourth-order valence-electron chi connectivity index (χ4n) is 3.85. The first-order valence-electron chi connectivity index (χ1n) is 11.0. The minimum Gasteiger partial charge on any atom is -0.480 e. The van der Waals surface area contributed by atoms with E-state index in [2.05, 4.69) is 0 Å². The molecule has 0 fully saturated rings. The SMILES string of the molecule is CC1=C(C(=O)O)CC(C(=O)O)(S(=O)(=O)CC(=Cc2cccc([N+](=O)[O-])c2)Oc2cc(C)ccc2C)C=C1. The van der Waals surface area contributed by atoms with E-state index in [-0.39, 0.29) is 28.2 Å². The van der Waals surface area contributed by atoms with Crippen LogP contribution in [0.4, 0.5) is 5.69 Å². The molecule has 1 unspecified atom stereocenters. The Bertz CT molecular complexity index is 1490. The maximum absolute atomic E-state index is 13.7. The van der Waals surface area contributed by atoms with Crippen LogP contribution >= 0.6 is 0 Å². The average molecular weight is 528 g/mol. The molecule has 1 atom stereocenters. The van der Waals surface area contributed by atoms with Gasteiger partial charge in [-0.05, 0) is 55.2 Å². The quantitative estimate of drug-likeness (QED) is 0.276. The van der Waals surface area contributed by atoms with Crippen LogP contribution < -0.4 is 4.74 Å². The molecule has 194 valence electrons. The molecule has 0 amide bonds. The summed E-state index contributed by atoms with van der Waals surface area (Å²) < 4.78 is 30.7. The van der Waals surface area contributed by atoms with Crippen molar-refractivity contribution in [3.05, 3.63) is 98.3 Å². The molecule has 0 saturated carbocycles. The number of aliphatic carboxylic acids is 2. The minimum absolute atomic E-state index is 0.189. The number of hydrogen-bond donors (Lipinski definition) is 2. The number of carboxylic acids is 2. The first kappa shape index (κ1) is 27.3. The van der Waals surface area contributed by atoms with Crippen molar-refractivity contribution in [1.82, 2.24) is 0 Å². The largest absolute Gasteiger partial charge is 0.480 e. The van der Waals surface area contributed by atoms with Crippen molar-refractivity contribution in [1.29, 1.82) is 0 Å². The van der Waals surface area contributed by atoms with Crippen LogP contribution in [0.25, 0.3) is 6.08 Å². The highest BCUT2D eigenvalue weighted by molar-refractivity contribution is 7.94. The highest BCUT2D eigenvalue weighted by atomic mass is 32.2. The summed E-state index contributed by atoms with van der Waals surface area (Å²) in [6, 6.07) is 10.7. The van der Waals surface area contributed by atoms with Gasteiger partial charge in [-0.25, -0.2) is 13.2 Å². The van der Waals surface area contributed by atoms with Crippen molar-refractivity contribution in [3.63, 3.8) is 0 Å². The van der Waals surface area contributed by atoms with Crippen molar-refractivity contribution in [2.24, 2.45) is 0 Å². The highest BCUT2D eigenvalue weighted by Gasteiger charge is 2.52. The lowest BCUT2D eigenvalue weighted by Gasteiger charge is -2.30. The van der Waals surface area contributed by atoms with Gasteiger partial charge in [0.15, 0.2) is 14.6 Å². The molecule has 2 aromatic carbocycles. The second-order valence-electron chi connectivity index (χ2n) is 8.76. The van der Waals surface area contributed by atoms with Gasteiger partial charge in [-0.15, -0.1) is 0 Å². The topological polar surface area (TPSA) is 161 Å². The van der Waals surface area contributed by atoms with E-state index in [0.29, 0.717) is 11.3 Å². The van der Waals surface area contributed by atoms with E-state index in [1.165, 1.54) is 43.3 Å². The van der Waals surface area contributed by atoms with E-state index in [9.17, 15) is 38.3 Å². The van der Waals surface area contributed by atoms with Crippen LogP contribution in [0.1, 0.15) is 30.0 Å². The van der Waals surface area contributed by atoms with Crippen molar-refractivity contribution in [2.45, 2.75) is 31.9 Å². The number of sulfone groups is 1. The number of benzene rings is 2. The fraction of sp³-hybridized carbons (Fsp3) is 0.231. The molecule has 0 bridgehead atoms. The summed E-state index contributed by atoms with van der Waals surface area (Å²) in [7, 11) is -4.63. The van der Waals surface area contributed by atoms with Gasteiger partial charge in [0.1, 0.15) is 17.3 Å². The van der Waals surface area contributed by atoms with Crippen LogP contribution in [0, 0.1) is 24.0 Å². The van der Waals surface area contributed by atoms with Crippen LogP contribution in [-0.2, 0) is 19.4 Å². The number of nitro groups is 1. The average Bonchev–Trinajstić information content (AvgIpc) is 2.81. The van der Waals surface area contributed by atoms with E-state index in [1.807, 2.05) is 6.07 Å². The number of rotatable bonds is 9. The lowest BCUT2D eigenvalue weighted by molar-refractivity contribution is -0.384. The van der Waals surface area contributed by atoms with Crippen molar-refractivity contribution < 1.29 is 37.9 Å². The summed E-state index contributed by atoms with van der Waals surface area (Å²) in [6.45, 7) is 5.00. The van der Waals surface area contributed by atoms with Gasteiger partial charge in [0, 0.05) is 24.1 Å². The number of nitrogens with zero attached hydrogens (tertiary/aromatic N) is 1. The van der Waals surface area contributed by atoms with Gasteiger partial charge in [0.2, 0.25) is 0 Å². The second kappa shape index (κ2) is 10.4. The Kier molecular flexibility index (Phi) is 7.68. The molecule has 11 heteroatoms. The van der Waals surface area contributed by atoms with Gasteiger partial charge in [0.05, 0.1) is 4.92 Å². The van der Waals surface area contributed by atoms with Gasteiger partial charge in [-0.2, -0.15) is 0 Å². The molecule has 0 heterocycles. The molecular formula is C26H25NO9S. The molecule has 2 N–H and O–H groups in total. The van der Waals surface area contributed by atoms with E-state index >= 15 is 0 Å². The summed E-state index contributed by atoms with van der Waals surface area (Å²) in [5.74, 6) is -3.92. The standard InChI is InChI=1S/C26H25NO9S/c1-16-7-8-18(3)23(11-16)36-21(13-19-5-4-6-20(12-19)27(32)33)15-37(34,35)26(25(30)31)10-9-17(2)22(14-26)24(28)29/h4-13H,14-15H2,1-3H3,(H,28,29)(H,30,31). The summed E-state index contributed by atoms with van der Waals surface area (Å²) in [4.78, 5) is 34.6. The van der Waals surface area contributed by atoms with E-state index in [4.69, 9.17) is 4.74 Å². The van der Waals surface area contributed by atoms with Crippen molar-refractivity contribution >= 4 is 33.5 Å². The molecule has 1 aliphatic rings. The van der Waals surface area contributed by atoms with E-state index in [1.54, 1.807) is 26.0 Å². The molecule has 37 heavy (non-hydrogen) atoms. The predicted molar refractivity (Wildman–Crippen MR) is 136 cm³/mol. The molecule has 10 nitrogen and oxygen atoms in total. The number of carbonyl (C=O) groups is 2. The molecule has 0 saturated heterocycles. The zero-order valence-electron chi connectivity index (χ0n) is 20.3. The number of nitro benzene ring substituents is 1. The lowest BCUT2D eigenvalue weighted by atomic mass is 9.89. The summed E-state index contributed by atoms with van der Waals surface area (Å²) in [5, 5.41) is 30.7. The van der Waals surface area contributed by atoms with Crippen LogP contribution in [0.3, 0.4) is 0 Å². The molecule has 2 aromatic rings. The zero-order chi connectivity index (χ0) is 27.5. The third-order valence-corrected chi connectivity index (χ3v) is 8.25. The monoisotopic (exact) mass is 527 g/mol. The van der Waals surface area contributed by atoms with Gasteiger partial charge < -0.3 is 14.9 Å². The Morgan fingerprint density at radius 2 is 1.84 bits per heavy atom. The maximum Gasteiger partial charge on any atom is 0.331 e. The van der Waals surface area contributed by atoms with Gasteiger partial charge in [-0.1, -0.05) is 36.4 Å². The van der Waals surface area contributed by atoms with Crippen molar-refractivity contribution in [3.8, 4) is 5.75 Å². The highest BCUT2D eigenvalue weighted by Crippen LogP contribution is 2.36. The van der Waals surface area contributed by atoms with Gasteiger partial charge in [0.25, 0.3) is 5.69 Å². The molecule has 0 aliphatic heterocycles. The Hall–Kier alpha value is -4.25. The third kappa shape index (κ3) is 5.78.